The highest BCUT2D eigenvalue weighted by atomic mass is 15.3. The first-order chi connectivity index (χ1) is 36.8. The van der Waals surface area contributed by atoms with Gasteiger partial charge in [-0.15, -0.1) is 0 Å². The SMILES string of the molecule is CC(C)(C)c1ccc(N2c3ccc(-c4ccccc4)cc3B3c4ccc(C(C)(C)C)cc4N(c4ccc(C(C)(C)C)cc4-c4ccccc4)c4cc(N5c6ccccc6C6(C)CCCC56C)cc2c43)c(-c2ccccc2)c1. The van der Waals surface area contributed by atoms with E-state index in [1.165, 1.54) is 124 Å². The Hall–Kier alpha value is -7.56. The molecule has 0 aromatic heterocycles. The van der Waals surface area contributed by atoms with Gasteiger partial charge in [-0.05, 0) is 152 Å². The van der Waals surface area contributed by atoms with Gasteiger partial charge in [0.2, 0.25) is 0 Å². The maximum absolute atomic E-state index is 2.79. The Morgan fingerprint density at radius 1 is 0.377 bits per heavy atom. The van der Waals surface area contributed by atoms with Gasteiger partial charge in [-0.2, -0.15) is 0 Å². The Labute approximate surface area is 459 Å². The summed E-state index contributed by atoms with van der Waals surface area (Å²) in [4.78, 5) is 8.15. The van der Waals surface area contributed by atoms with E-state index in [2.05, 4.69) is 291 Å². The summed E-state index contributed by atoms with van der Waals surface area (Å²) in [6.07, 6.45) is 3.47. The normalized spacial score (nSPS) is 18.4. The summed E-state index contributed by atoms with van der Waals surface area (Å²) >= 11 is 0. The summed E-state index contributed by atoms with van der Waals surface area (Å²) in [6, 6.07) is 77.2. The van der Waals surface area contributed by atoms with Crippen LogP contribution in [0.25, 0.3) is 33.4 Å². The van der Waals surface area contributed by atoms with Crippen LogP contribution in [0.15, 0.2) is 200 Å². The standard InChI is InChI=1S/C73H72BN3/c1-69(2,3)52-34-38-61(56(43-52)49-26-17-13-18-27-49)75-64-37-32-51(48-24-15-12-16-25-48)42-60(64)74-59-36-33-54(71(7,8)9)45-65(59)76(62-39-35-53(70(4,5)6)44-57(62)50-28-19-14-20-29-50)67-47-55(46-66(75)68(67)74)77-63-31-22-21-30-58(63)72(10)40-23-41-73(72,77)11/h12-22,24-39,42-47H,23,40-41H2,1-11H3. The maximum Gasteiger partial charge on any atom is 0.252 e. The second kappa shape index (κ2) is 17.5. The van der Waals surface area contributed by atoms with Gasteiger partial charge < -0.3 is 14.7 Å². The zero-order chi connectivity index (χ0) is 53.4. The summed E-state index contributed by atoms with van der Waals surface area (Å²) < 4.78 is 0. The van der Waals surface area contributed by atoms with E-state index in [1.807, 2.05) is 0 Å². The molecule has 4 heteroatoms. The minimum absolute atomic E-state index is 0.0141. The van der Waals surface area contributed by atoms with Crippen LogP contribution in [-0.2, 0) is 21.7 Å². The van der Waals surface area contributed by atoms with Crippen molar-refractivity contribution in [3.8, 4) is 33.4 Å². The van der Waals surface area contributed by atoms with Crippen LogP contribution in [0.4, 0.5) is 45.5 Å². The fourth-order valence-corrected chi connectivity index (χ4v) is 13.9. The van der Waals surface area contributed by atoms with E-state index in [-0.39, 0.29) is 33.9 Å². The molecule has 0 bridgehead atoms. The second-order valence-corrected chi connectivity index (χ2v) is 26.2. The molecule has 382 valence electrons. The highest BCUT2D eigenvalue weighted by Gasteiger charge is 2.60. The summed E-state index contributed by atoms with van der Waals surface area (Å²) in [5, 5.41) is 0. The lowest BCUT2D eigenvalue weighted by atomic mass is 9.33. The van der Waals surface area contributed by atoms with Gasteiger partial charge in [0.25, 0.3) is 6.71 Å². The van der Waals surface area contributed by atoms with E-state index < -0.39 is 0 Å². The fourth-order valence-electron chi connectivity index (χ4n) is 13.9. The highest BCUT2D eigenvalue weighted by Crippen LogP contribution is 2.63. The van der Waals surface area contributed by atoms with E-state index in [0.717, 1.165) is 12.8 Å². The molecule has 13 rings (SSSR count). The van der Waals surface area contributed by atoms with Crippen molar-refractivity contribution in [3.63, 3.8) is 0 Å². The fraction of sp³-hybridized carbons (Fsp3) is 0.260. The number of hydrogen-bond donors (Lipinski definition) is 0. The largest absolute Gasteiger partial charge is 0.334 e. The monoisotopic (exact) mass is 1000 g/mol. The minimum atomic E-state index is -0.150. The van der Waals surface area contributed by atoms with Crippen molar-refractivity contribution in [2.24, 2.45) is 0 Å². The quantitative estimate of drug-likeness (QED) is 0.154. The molecule has 3 heterocycles. The molecule has 0 N–H and O–H groups in total. The van der Waals surface area contributed by atoms with Gasteiger partial charge >= 0.3 is 0 Å². The number of nitrogens with zero attached hydrogens (tertiary/aromatic N) is 3. The maximum atomic E-state index is 2.79. The van der Waals surface area contributed by atoms with Gasteiger partial charge in [-0.25, -0.2) is 0 Å². The molecule has 0 saturated heterocycles. The predicted molar refractivity (Wildman–Crippen MR) is 331 cm³/mol. The van der Waals surface area contributed by atoms with Crippen LogP contribution >= 0.6 is 0 Å². The lowest BCUT2D eigenvalue weighted by Gasteiger charge is -2.47. The molecule has 2 atom stereocenters. The molecule has 77 heavy (non-hydrogen) atoms. The molecule has 0 amide bonds. The zero-order valence-corrected chi connectivity index (χ0v) is 47.1. The average Bonchev–Trinajstić information content (AvgIpc) is 4.12. The van der Waals surface area contributed by atoms with Crippen LogP contribution in [0.1, 0.15) is 118 Å². The lowest BCUT2D eigenvalue weighted by Crippen LogP contribution is -2.61. The predicted octanol–water partition coefficient (Wildman–Crippen LogP) is 18.0. The first kappa shape index (κ1) is 49.0. The number of rotatable bonds is 6. The molecule has 1 fully saturated rings. The Bertz CT molecular complexity index is 3780. The molecule has 1 saturated carbocycles. The number of anilines is 8. The third-order valence-electron chi connectivity index (χ3n) is 18.4. The Morgan fingerprint density at radius 2 is 0.857 bits per heavy atom. The van der Waals surface area contributed by atoms with Gasteiger partial charge in [0.15, 0.2) is 0 Å². The summed E-state index contributed by atoms with van der Waals surface area (Å²) in [7, 11) is 0. The number of fused-ring (bicyclic) bond motifs is 7. The number of para-hydroxylation sites is 1. The highest BCUT2D eigenvalue weighted by molar-refractivity contribution is 7.00. The molecule has 3 aliphatic heterocycles. The summed E-state index contributed by atoms with van der Waals surface area (Å²) in [6.45, 7) is 26.1. The minimum Gasteiger partial charge on any atom is -0.334 e. The van der Waals surface area contributed by atoms with E-state index in [0.29, 0.717) is 0 Å². The van der Waals surface area contributed by atoms with Gasteiger partial charge in [0.1, 0.15) is 0 Å². The van der Waals surface area contributed by atoms with Crippen molar-refractivity contribution >= 4 is 68.6 Å². The molecular formula is C73H72BN3. The van der Waals surface area contributed by atoms with Crippen LogP contribution in [-0.4, -0.2) is 12.3 Å². The van der Waals surface area contributed by atoms with E-state index in [1.54, 1.807) is 0 Å². The Morgan fingerprint density at radius 3 is 1.42 bits per heavy atom. The lowest BCUT2D eigenvalue weighted by molar-refractivity contribution is 0.330. The van der Waals surface area contributed by atoms with E-state index >= 15 is 0 Å². The molecule has 1 aliphatic carbocycles. The first-order valence-corrected chi connectivity index (χ1v) is 28.3. The molecule has 2 unspecified atom stereocenters. The Balaban J connectivity index is 1.20. The van der Waals surface area contributed by atoms with Crippen LogP contribution in [0.2, 0.25) is 0 Å². The van der Waals surface area contributed by atoms with Crippen molar-refractivity contribution in [2.45, 2.75) is 123 Å². The van der Waals surface area contributed by atoms with Gasteiger partial charge in [0.05, 0.1) is 16.9 Å². The third-order valence-corrected chi connectivity index (χ3v) is 18.4. The second-order valence-electron chi connectivity index (χ2n) is 26.2. The number of hydrogen-bond acceptors (Lipinski definition) is 3. The molecular weight excluding hydrogens is 930 g/mol. The smallest absolute Gasteiger partial charge is 0.252 e. The van der Waals surface area contributed by atoms with Gasteiger partial charge in [-0.3, -0.25) is 0 Å². The van der Waals surface area contributed by atoms with Crippen molar-refractivity contribution in [1.82, 2.24) is 0 Å². The van der Waals surface area contributed by atoms with Gasteiger partial charge in [-0.1, -0.05) is 221 Å². The van der Waals surface area contributed by atoms with Crippen LogP contribution in [0.3, 0.4) is 0 Å². The van der Waals surface area contributed by atoms with Crippen LogP contribution in [0, 0.1) is 0 Å². The van der Waals surface area contributed by atoms with Crippen LogP contribution < -0.4 is 31.1 Å². The summed E-state index contributed by atoms with van der Waals surface area (Å²) in [5.74, 6) is 0. The first-order valence-electron chi connectivity index (χ1n) is 28.3. The average molecular weight is 1000 g/mol. The van der Waals surface area contributed by atoms with Crippen molar-refractivity contribution in [2.75, 3.05) is 14.7 Å². The molecule has 9 aromatic carbocycles. The van der Waals surface area contributed by atoms with E-state index in [9.17, 15) is 0 Å². The summed E-state index contributed by atoms with van der Waals surface area (Å²) in [5.41, 5.74) is 26.1. The molecule has 0 radical (unpaired) electrons. The molecule has 9 aromatic rings. The van der Waals surface area contributed by atoms with Gasteiger partial charge in [0, 0.05) is 50.7 Å². The third kappa shape index (κ3) is 7.67. The van der Waals surface area contributed by atoms with E-state index in [4.69, 9.17) is 0 Å². The van der Waals surface area contributed by atoms with Crippen molar-refractivity contribution in [3.05, 3.63) is 222 Å². The zero-order valence-electron chi connectivity index (χ0n) is 47.1. The molecule has 0 spiro atoms. The number of benzene rings is 9. The molecule has 3 nitrogen and oxygen atoms in total. The topological polar surface area (TPSA) is 9.72 Å². The van der Waals surface area contributed by atoms with Crippen molar-refractivity contribution < 1.29 is 0 Å². The molecule has 4 aliphatic rings. The van der Waals surface area contributed by atoms with Crippen molar-refractivity contribution in [1.29, 1.82) is 0 Å². The Kier molecular flexibility index (Phi) is 11.1. The van der Waals surface area contributed by atoms with Crippen LogP contribution in [0.5, 0.6) is 0 Å².